The van der Waals surface area contributed by atoms with Crippen molar-refractivity contribution in [1.29, 1.82) is 0 Å². The van der Waals surface area contributed by atoms with E-state index in [1.54, 1.807) is 30.5 Å². The highest BCUT2D eigenvalue weighted by atomic mass is 35.5. The maximum atomic E-state index is 12.8. The van der Waals surface area contributed by atoms with E-state index in [9.17, 15) is 8.42 Å². The third kappa shape index (κ3) is 7.55. The summed E-state index contributed by atoms with van der Waals surface area (Å²) in [6, 6.07) is 16.1. The Labute approximate surface area is 214 Å². The molecular formula is C25H33ClN6O2S. The van der Waals surface area contributed by atoms with Crippen LogP contribution >= 0.6 is 12.4 Å². The van der Waals surface area contributed by atoms with Crippen molar-refractivity contribution >= 4 is 45.6 Å². The van der Waals surface area contributed by atoms with Gasteiger partial charge < -0.3 is 15.5 Å². The van der Waals surface area contributed by atoms with Gasteiger partial charge in [-0.25, -0.2) is 13.4 Å². The molecule has 0 spiro atoms. The van der Waals surface area contributed by atoms with Gasteiger partial charge >= 0.3 is 0 Å². The van der Waals surface area contributed by atoms with Crippen molar-refractivity contribution < 1.29 is 8.42 Å². The molecule has 35 heavy (non-hydrogen) atoms. The number of hydrogen-bond donors (Lipinski definition) is 3. The second-order valence-corrected chi connectivity index (χ2v) is 10.1. The number of aromatic nitrogens is 2. The van der Waals surface area contributed by atoms with Gasteiger partial charge in [-0.1, -0.05) is 31.9 Å². The Morgan fingerprint density at radius 2 is 1.63 bits per heavy atom. The summed E-state index contributed by atoms with van der Waals surface area (Å²) in [5.41, 5.74) is 2.47. The number of hydrogen-bond acceptors (Lipinski definition) is 7. The third-order valence-electron chi connectivity index (χ3n) is 5.75. The van der Waals surface area contributed by atoms with Gasteiger partial charge in [0.1, 0.15) is 5.82 Å². The molecule has 0 atom stereocenters. The first-order chi connectivity index (χ1) is 16.5. The lowest BCUT2D eigenvalue weighted by atomic mass is 10.1. The van der Waals surface area contributed by atoms with Crippen LogP contribution in [0.5, 0.6) is 0 Å². The molecule has 10 heteroatoms. The molecule has 2 heterocycles. The minimum Gasteiger partial charge on any atom is -0.340 e. The molecule has 3 aromatic rings. The van der Waals surface area contributed by atoms with Crippen molar-refractivity contribution in [1.82, 2.24) is 15.3 Å². The molecule has 2 aromatic carbocycles. The van der Waals surface area contributed by atoms with E-state index < -0.39 is 10.0 Å². The number of nitrogens with one attached hydrogen (secondary N) is 3. The monoisotopic (exact) mass is 516 g/mol. The third-order valence-corrected chi connectivity index (χ3v) is 7.15. The standard InChI is InChI=1S/C25H32N6O2S.ClH/c1-2-3-4-5-20-6-12-23(13-7-20)34(32,33)30-22-10-8-21(9-11-22)28-24-14-15-27-25(29-24)31-18-16-26-17-19-31;/h6-15,26,30H,2-5,16-19H2,1H3,(H,27,28,29);1H. The van der Waals surface area contributed by atoms with Crippen molar-refractivity contribution in [2.45, 2.75) is 37.5 Å². The number of aryl methyl sites for hydroxylation is 1. The molecule has 8 nitrogen and oxygen atoms in total. The van der Waals surface area contributed by atoms with Crippen LogP contribution in [0.4, 0.5) is 23.1 Å². The summed E-state index contributed by atoms with van der Waals surface area (Å²) in [6.07, 6.45) is 6.18. The molecule has 0 radical (unpaired) electrons. The topological polar surface area (TPSA) is 99.2 Å². The van der Waals surface area contributed by atoms with E-state index in [-0.39, 0.29) is 17.3 Å². The van der Waals surface area contributed by atoms with Gasteiger partial charge in [-0.2, -0.15) is 4.98 Å². The highest BCUT2D eigenvalue weighted by Gasteiger charge is 2.15. The summed E-state index contributed by atoms with van der Waals surface area (Å²) in [4.78, 5) is 11.4. The second-order valence-electron chi connectivity index (χ2n) is 8.39. The van der Waals surface area contributed by atoms with Crippen molar-refractivity contribution in [2.75, 3.05) is 41.1 Å². The quantitative estimate of drug-likeness (QED) is 0.339. The first-order valence-corrected chi connectivity index (χ1v) is 13.3. The zero-order valence-corrected chi connectivity index (χ0v) is 21.5. The lowest BCUT2D eigenvalue weighted by Crippen LogP contribution is -2.44. The molecule has 188 valence electrons. The number of halogens is 1. The van der Waals surface area contributed by atoms with Gasteiger partial charge in [0, 0.05) is 43.8 Å². The Hall–Kier alpha value is -2.88. The number of piperazine rings is 1. The fraction of sp³-hybridized carbons (Fsp3) is 0.360. The summed E-state index contributed by atoms with van der Waals surface area (Å²) in [5.74, 6) is 1.39. The van der Waals surface area contributed by atoms with E-state index in [2.05, 4.69) is 37.1 Å². The van der Waals surface area contributed by atoms with E-state index >= 15 is 0 Å². The van der Waals surface area contributed by atoms with Crippen LogP contribution in [0.25, 0.3) is 0 Å². The highest BCUT2D eigenvalue weighted by Crippen LogP contribution is 2.22. The Morgan fingerprint density at radius 3 is 2.31 bits per heavy atom. The van der Waals surface area contributed by atoms with Gasteiger partial charge in [-0.15, -0.1) is 12.4 Å². The molecule has 4 rings (SSSR count). The van der Waals surface area contributed by atoms with Crippen LogP contribution in [0.1, 0.15) is 31.7 Å². The zero-order valence-electron chi connectivity index (χ0n) is 19.9. The average Bonchev–Trinajstić information content (AvgIpc) is 2.86. The summed E-state index contributed by atoms with van der Waals surface area (Å²) in [7, 11) is -3.65. The fourth-order valence-corrected chi connectivity index (χ4v) is 4.89. The van der Waals surface area contributed by atoms with Crippen molar-refractivity contribution in [2.24, 2.45) is 0 Å². The molecule has 1 fully saturated rings. The van der Waals surface area contributed by atoms with Gasteiger partial charge in [0.2, 0.25) is 5.95 Å². The van der Waals surface area contributed by atoms with E-state index in [4.69, 9.17) is 0 Å². The predicted octanol–water partition coefficient (Wildman–Crippen LogP) is 4.59. The summed E-state index contributed by atoms with van der Waals surface area (Å²) in [6.45, 7) is 5.76. The molecule has 0 saturated carbocycles. The van der Waals surface area contributed by atoms with E-state index in [1.165, 1.54) is 12.8 Å². The summed E-state index contributed by atoms with van der Waals surface area (Å²) < 4.78 is 28.2. The Kier molecular flexibility index (Phi) is 9.71. The number of anilines is 4. The normalized spacial score (nSPS) is 13.7. The van der Waals surface area contributed by atoms with E-state index in [0.717, 1.165) is 50.3 Å². The van der Waals surface area contributed by atoms with Gasteiger partial charge in [-0.3, -0.25) is 4.72 Å². The predicted molar refractivity (Wildman–Crippen MR) is 145 cm³/mol. The van der Waals surface area contributed by atoms with Crippen LogP contribution in [0.15, 0.2) is 65.7 Å². The van der Waals surface area contributed by atoms with Crippen LogP contribution < -0.4 is 20.3 Å². The van der Waals surface area contributed by atoms with Crippen molar-refractivity contribution in [3.8, 4) is 0 Å². The molecule has 1 aromatic heterocycles. The number of rotatable bonds is 10. The number of nitrogens with zero attached hydrogens (tertiary/aromatic N) is 3. The van der Waals surface area contributed by atoms with E-state index in [0.29, 0.717) is 17.5 Å². The molecule has 1 saturated heterocycles. The Bertz CT molecular complexity index is 1170. The average molecular weight is 517 g/mol. The number of unbranched alkanes of at least 4 members (excludes halogenated alkanes) is 2. The Balaban J connectivity index is 0.00000342. The maximum absolute atomic E-state index is 12.8. The minimum absolute atomic E-state index is 0. The minimum atomic E-state index is -3.65. The molecular weight excluding hydrogens is 484 g/mol. The SMILES string of the molecule is CCCCCc1ccc(S(=O)(=O)Nc2ccc(Nc3ccnc(N4CCNCC4)n3)cc2)cc1.Cl. The highest BCUT2D eigenvalue weighted by molar-refractivity contribution is 7.92. The second kappa shape index (κ2) is 12.7. The van der Waals surface area contributed by atoms with Crippen LogP contribution in [0.3, 0.4) is 0 Å². The molecule has 1 aliphatic rings. The number of sulfonamides is 1. The molecule has 0 amide bonds. The number of benzene rings is 2. The molecule has 1 aliphatic heterocycles. The van der Waals surface area contributed by atoms with Gasteiger partial charge in [0.25, 0.3) is 10.0 Å². The zero-order chi connectivity index (χ0) is 23.8. The smallest absolute Gasteiger partial charge is 0.261 e. The molecule has 0 aliphatic carbocycles. The fourth-order valence-electron chi connectivity index (χ4n) is 3.83. The van der Waals surface area contributed by atoms with Crippen LogP contribution in [-0.4, -0.2) is 44.6 Å². The first kappa shape index (κ1) is 26.7. The maximum Gasteiger partial charge on any atom is 0.261 e. The Morgan fingerprint density at radius 1 is 0.943 bits per heavy atom. The van der Waals surface area contributed by atoms with Gasteiger partial charge in [-0.05, 0) is 60.9 Å². The lowest BCUT2D eigenvalue weighted by Gasteiger charge is -2.27. The van der Waals surface area contributed by atoms with Gasteiger partial charge in [0.05, 0.1) is 4.90 Å². The molecule has 0 unspecified atom stereocenters. The van der Waals surface area contributed by atoms with Crippen molar-refractivity contribution in [3.63, 3.8) is 0 Å². The van der Waals surface area contributed by atoms with Crippen LogP contribution in [0, 0.1) is 0 Å². The molecule has 0 bridgehead atoms. The van der Waals surface area contributed by atoms with Crippen LogP contribution in [-0.2, 0) is 16.4 Å². The van der Waals surface area contributed by atoms with Crippen molar-refractivity contribution in [3.05, 3.63) is 66.4 Å². The largest absolute Gasteiger partial charge is 0.340 e. The first-order valence-electron chi connectivity index (χ1n) is 11.8. The van der Waals surface area contributed by atoms with Crippen LogP contribution in [0.2, 0.25) is 0 Å². The summed E-state index contributed by atoms with van der Waals surface area (Å²) in [5, 5.41) is 6.58. The lowest BCUT2D eigenvalue weighted by molar-refractivity contribution is 0.580. The summed E-state index contributed by atoms with van der Waals surface area (Å²) >= 11 is 0. The molecule has 3 N–H and O–H groups in total. The van der Waals surface area contributed by atoms with Gasteiger partial charge in [0.15, 0.2) is 0 Å². The van der Waals surface area contributed by atoms with E-state index in [1.807, 2.05) is 30.3 Å².